The third-order valence-corrected chi connectivity index (χ3v) is 3.60. The van der Waals surface area contributed by atoms with Gasteiger partial charge in [0.15, 0.2) is 0 Å². The standard InChI is InChI=1S/C19H16N2O4/c1-11-3-8-17-13(9-11)10-16(19(24)25-17)18(23)21-15-6-4-14(5-7-15)20-12(2)22/h3-10H,1-2H3,(H,20,22)(H,21,23). The van der Waals surface area contributed by atoms with Crippen LogP contribution in [0.3, 0.4) is 0 Å². The van der Waals surface area contributed by atoms with E-state index in [4.69, 9.17) is 4.42 Å². The first-order valence-electron chi connectivity index (χ1n) is 7.66. The molecule has 0 aliphatic carbocycles. The fraction of sp³-hybridized carbons (Fsp3) is 0.105. The minimum atomic E-state index is -0.691. The Kier molecular flexibility index (Phi) is 4.35. The maximum atomic E-state index is 12.4. The van der Waals surface area contributed by atoms with Gasteiger partial charge in [0.2, 0.25) is 5.91 Å². The molecule has 0 saturated heterocycles. The highest BCUT2D eigenvalue weighted by atomic mass is 16.4. The number of nitrogens with one attached hydrogen (secondary N) is 2. The summed E-state index contributed by atoms with van der Waals surface area (Å²) in [7, 11) is 0. The van der Waals surface area contributed by atoms with Gasteiger partial charge in [-0.25, -0.2) is 4.79 Å². The Morgan fingerprint density at radius 3 is 2.20 bits per heavy atom. The molecule has 0 spiro atoms. The van der Waals surface area contributed by atoms with Crippen molar-refractivity contribution in [2.24, 2.45) is 0 Å². The molecule has 25 heavy (non-hydrogen) atoms. The minimum absolute atomic E-state index is 0.0657. The normalized spacial score (nSPS) is 10.5. The van der Waals surface area contributed by atoms with Crippen LogP contribution in [-0.2, 0) is 4.79 Å². The topological polar surface area (TPSA) is 88.4 Å². The molecular formula is C19H16N2O4. The van der Waals surface area contributed by atoms with Crippen molar-refractivity contribution in [3.05, 3.63) is 70.1 Å². The summed E-state index contributed by atoms with van der Waals surface area (Å²) in [5.74, 6) is -0.731. The first-order valence-corrected chi connectivity index (χ1v) is 7.66. The number of carbonyl (C=O) groups is 2. The molecule has 0 unspecified atom stereocenters. The van der Waals surface area contributed by atoms with Crippen molar-refractivity contribution >= 4 is 34.2 Å². The van der Waals surface area contributed by atoms with E-state index in [0.717, 1.165) is 5.56 Å². The second-order valence-electron chi connectivity index (χ2n) is 5.70. The zero-order valence-corrected chi connectivity index (χ0v) is 13.8. The number of fused-ring (bicyclic) bond motifs is 1. The van der Waals surface area contributed by atoms with E-state index in [1.807, 2.05) is 19.1 Å². The highest BCUT2D eigenvalue weighted by Crippen LogP contribution is 2.17. The molecular weight excluding hydrogens is 320 g/mol. The molecule has 3 rings (SSSR count). The van der Waals surface area contributed by atoms with Gasteiger partial charge in [0.1, 0.15) is 11.1 Å². The van der Waals surface area contributed by atoms with Crippen LogP contribution in [0.15, 0.2) is 57.7 Å². The number of amides is 2. The maximum Gasteiger partial charge on any atom is 0.349 e. The first-order chi connectivity index (χ1) is 11.9. The number of anilines is 2. The van der Waals surface area contributed by atoms with Crippen LogP contribution in [0.5, 0.6) is 0 Å². The highest BCUT2D eigenvalue weighted by Gasteiger charge is 2.14. The molecule has 0 fully saturated rings. The van der Waals surface area contributed by atoms with Crippen molar-refractivity contribution in [3.63, 3.8) is 0 Å². The van der Waals surface area contributed by atoms with Gasteiger partial charge in [0, 0.05) is 23.7 Å². The monoisotopic (exact) mass is 336 g/mol. The van der Waals surface area contributed by atoms with E-state index in [1.54, 1.807) is 30.3 Å². The van der Waals surface area contributed by atoms with Crippen molar-refractivity contribution in [1.82, 2.24) is 0 Å². The largest absolute Gasteiger partial charge is 0.422 e. The van der Waals surface area contributed by atoms with Gasteiger partial charge in [-0.15, -0.1) is 0 Å². The fourth-order valence-corrected chi connectivity index (χ4v) is 2.44. The number of carbonyl (C=O) groups excluding carboxylic acids is 2. The zero-order valence-electron chi connectivity index (χ0n) is 13.8. The first kappa shape index (κ1) is 16.4. The minimum Gasteiger partial charge on any atom is -0.422 e. The number of hydrogen-bond acceptors (Lipinski definition) is 4. The lowest BCUT2D eigenvalue weighted by molar-refractivity contribution is -0.114. The lowest BCUT2D eigenvalue weighted by Crippen LogP contribution is -2.20. The number of hydrogen-bond donors (Lipinski definition) is 2. The summed E-state index contributed by atoms with van der Waals surface area (Å²) in [5, 5.41) is 5.97. The Morgan fingerprint density at radius 2 is 1.56 bits per heavy atom. The SMILES string of the molecule is CC(=O)Nc1ccc(NC(=O)c2cc3cc(C)ccc3oc2=O)cc1. The van der Waals surface area contributed by atoms with Gasteiger partial charge in [-0.2, -0.15) is 0 Å². The van der Waals surface area contributed by atoms with E-state index < -0.39 is 11.5 Å². The number of benzene rings is 2. The fourth-order valence-electron chi connectivity index (χ4n) is 2.44. The molecule has 0 bridgehead atoms. The third kappa shape index (κ3) is 3.74. The van der Waals surface area contributed by atoms with Gasteiger partial charge in [-0.05, 0) is 49.4 Å². The second kappa shape index (κ2) is 6.60. The van der Waals surface area contributed by atoms with E-state index in [2.05, 4.69) is 10.6 Å². The Morgan fingerprint density at radius 1 is 0.920 bits per heavy atom. The van der Waals surface area contributed by atoms with Crippen LogP contribution in [-0.4, -0.2) is 11.8 Å². The summed E-state index contributed by atoms with van der Waals surface area (Å²) in [6, 6.07) is 13.5. The molecule has 6 nitrogen and oxygen atoms in total. The summed E-state index contributed by atoms with van der Waals surface area (Å²) < 4.78 is 5.21. The summed E-state index contributed by atoms with van der Waals surface area (Å²) in [6.45, 7) is 3.33. The van der Waals surface area contributed by atoms with Crippen molar-refractivity contribution in [3.8, 4) is 0 Å². The van der Waals surface area contributed by atoms with Crippen LogP contribution in [0.25, 0.3) is 11.0 Å². The molecule has 0 aliphatic heterocycles. The van der Waals surface area contributed by atoms with Crippen LogP contribution in [0.2, 0.25) is 0 Å². The molecule has 3 aromatic rings. The molecule has 1 aromatic heterocycles. The zero-order chi connectivity index (χ0) is 18.0. The summed E-state index contributed by atoms with van der Waals surface area (Å²) in [5.41, 5.74) is 1.80. The van der Waals surface area contributed by atoms with Crippen molar-refractivity contribution in [2.45, 2.75) is 13.8 Å². The number of rotatable bonds is 3. The predicted molar refractivity (Wildman–Crippen MR) is 95.9 cm³/mol. The maximum absolute atomic E-state index is 12.4. The molecule has 0 saturated carbocycles. The van der Waals surface area contributed by atoms with Crippen LogP contribution < -0.4 is 16.3 Å². The lowest BCUT2D eigenvalue weighted by Gasteiger charge is -2.07. The summed E-state index contributed by atoms with van der Waals surface area (Å²) >= 11 is 0. The van der Waals surface area contributed by atoms with E-state index in [9.17, 15) is 14.4 Å². The Bertz CT molecular complexity index is 1020. The quantitative estimate of drug-likeness (QED) is 0.718. The molecule has 0 radical (unpaired) electrons. The van der Waals surface area contributed by atoms with Crippen LogP contribution in [0.1, 0.15) is 22.8 Å². The Balaban J connectivity index is 1.85. The van der Waals surface area contributed by atoms with Crippen molar-refractivity contribution in [2.75, 3.05) is 10.6 Å². The molecule has 2 aromatic carbocycles. The lowest BCUT2D eigenvalue weighted by atomic mass is 10.1. The second-order valence-corrected chi connectivity index (χ2v) is 5.70. The van der Waals surface area contributed by atoms with E-state index in [0.29, 0.717) is 22.3 Å². The average molecular weight is 336 g/mol. The van der Waals surface area contributed by atoms with Gasteiger partial charge in [0.05, 0.1) is 0 Å². The smallest absolute Gasteiger partial charge is 0.349 e. The molecule has 126 valence electrons. The van der Waals surface area contributed by atoms with Crippen LogP contribution in [0.4, 0.5) is 11.4 Å². The molecule has 6 heteroatoms. The average Bonchev–Trinajstić information content (AvgIpc) is 2.56. The molecule has 1 heterocycles. The third-order valence-electron chi connectivity index (χ3n) is 3.60. The van der Waals surface area contributed by atoms with Gasteiger partial charge in [-0.3, -0.25) is 9.59 Å². The molecule has 0 aliphatic rings. The van der Waals surface area contributed by atoms with Gasteiger partial charge >= 0.3 is 5.63 Å². The highest BCUT2D eigenvalue weighted by molar-refractivity contribution is 6.05. The molecule has 2 N–H and O–H groups in total. The van der Waals surface area contributed by atoms with Gasteiger partial charge < -0.3 is 15.1 Å². The molecule has 2 amide bonds. The van der Waals surface area contributed by atoms with Gasteiger partial charge in [-0.1, -0.05) is 11.6 Å². The van der Waals surface area contributed by atoms with Crippen molar-refractivity contribution in [1.29, 1.82) is 0 Å². The Hall–Kier alpha value is -3.41. The molecule has 0 atom stereocenters. The van der Waals surface area contributed by atoms with E-state index in [1.165, 1.54) is 13.0 Å². The van der Waals surface area contributed by atoms with Crippen LogP contribution >= 0.6 is 0 Å². The van der Waals surface area contributed by atoms with Crippen LogP contribution in [0, 0.1) is 6.92 Å². The predicted octanol–water partition coefficient (Wildman–Crippen LogP) is 3.31. The number of aryl methyl sites for hydroxylation is 1. The van der Waals surface area contributed by atoms with E-state index in [-0.39, 0.29) is 11.5 Å². The summed E-state index contributed by atoms with van der Waals surface area (Å²) in [6.07, 6.45) is 0. The van der Waals surface area contributed by atoms with Gasteiger partial charge in [0.25, 0.3) is 5.91 Å². The Labute approximate surface area is 143 Å². The summed E-state index contributed by atoms with van der Waals surface area (Å²) in [4.78, 5) is 35.4. The van der Waals surface area contributed by atoms with Crippen molar-refractivity contribution < 1.29 is 14.0 Å². The van der Waals surface area contributed by atoms with E-state index >= 15 is 0 Å².